The first-order valence-corrected chi connectivity index (χ1v) is 14.5. The molecule has 9 heteroatoms. The van der Waals surface area contributed by atoms with Crippen LogP contribution in [0.25, 0.3) is 5.57 Å². The van der Waals surface area contributed by atoms with Crippen molar-refractivity contribution in [3.63, 3.8) is 0 Å². The molecule has 1 fully saturated rings. The van der Waals surface area contributed by atoms with E-state index < -0.39 is 11.7 Å². The van der Waals surface area contributed by atoms with Gasteiger partial charge in [0.15, 0.2) is 0 Å². The number of carbonyl (C=O) groups is 2. The molecule has 2 heterocycles. The number of aryl methyl sites for hydroxylation is 1. The van der Waals surface area contributed by atoms with Gasteiger partial charge in [0.05, 0.1) is 18.2 Å². The van der Waals surface area contributed by atoms with Crippen LogP contribution in [0.5, 0.6) is 5.75 Å². The van der Waals surface area contributed by atoms with Gasteiger partial charge in [0.2, 0.25) is 11.8 Å². The number of benzene rings is 3. The van der Waals surface area contributed by atoms with Gasteiger partial charge < -0.3 is 20.3 Å². The van der Waals surface area contributed by atoms with Crippen LogP contribution >= 0.6 is 0 Å². The van der Waals surface area contributed by atoms with Gasteiger partial charge >= 0.3 is 6.18 Å². The summed E-state index contributed by atoms with van der Waals surface area (Å²) in [5, 5.41) is 6.68. The van der Waals surface area contributed by atoms with Gasteiger partial charge in [0, 0.05) is 44.6 Å². The first-order valence-electron chi connectivity index (χ1n) is 14.5. The van der Waals surface area contributed by atoms with Crippen LogP contribution in [0, 0.1) is 6.92 Å². The van der Waals surface area contributed by atoms with E-state index in [1.807, 2.05) is 41.3 Å². The van der Waals surface area contributed by atoms with Crippen molar-refractivity contribution in [1.82, 2.24) is 15.5 Å². The van der Waals surface area contributed by atoms with E-state index in [4.69, 9.17) is 4.74 Å². The van der Waals surface area contributed by atoms with E-state index in [0.29, 0.717) is 50.4 Å². The third kappa shape index (κ3) is 7.46. The predicted molar refractivity (Wildman–Crippen MR) is 159 cm³/mol. The summed E-state index contributed by atoms with van der Waals surface area (Å²) in [4.78, 5) is 27.7. The van der Waals surface area contributed by atoms with E-state index in [2.05, 4.69) is 29.7 Å². The largest absolute Gasteiger partial charge is 0.493 e. The molecule has 43 heavy (non-hydrogen) atoms. The number of hydrogen-bond acceptors (Lipinski definition) is 4. The highest BCUT2D eigenvalue weighted by atomic mass is 19.4. The number of fused-ring (bicyclic) bond motifs is 2. The van der Waals surface area contributed by atoms with Crippen LogP contribution in [0.2, 0.25) is 0 Å². The van der Waals surface area contributed by atoms with Gasteiger partial charge in [-0.05, 0) is 71.9 Å². The Bertz CT molecular complexity index is 1480. The maximum atomic E-state index is 13.7. The molecule has 2 atom stereocenters. The average Bonchev–Trinajstić information content (AvgIpc) is 2.98. The van der Waals surface area contributed by atoms with Crippen molar-refractivity contribution in [2.75, 3.05) is 26.2 Å². The molecule has 2 bridgehead atoms. The second-order valence-electron chi connectivity index (χ2n) is 11.2. The van der Waals surface area contributed by atoms with Gasteiger partial charge in [0.25, 0.3) is 0 Å². The summed E-state index contributed by atoms with van der Waals surface area (Å²) in [6.45, 7) is 5.48. The number of nitrogens with one attached hydrogen (secondary N) is 2. The Labute approximate surface area is 249 Å². The number of piperazine rings is 1. The van der Waals surface area contributed by atoms with E-state index in [-0.39, 0.29) is 23.9 Å². The number of hydrogen-bond donors (Lipinski definition) is 2. The fourth-order valence-corrected chi connectivity index (χ4v) is 5.84. The van der Waals surface area contributed by atoms with Crippen LogP contribution in [0.15, 0.2) is 78.4 Å². The molecule has 3 aromatic carbocycles. The molecule has 0 aromatic heterocycles. The Kier molecular flexibility index (Phi) is 9.20. The van der Waals surface area contributed by atoms with E-state index in [0.717, 1.165) is 35.3 Å². The molecule has 6 nitrogen and oxygen atoms in total. The van der Waals surface area contributed by atoms with Gasteiger partial charge in [-0.2, -0.15) is 13.2 Å². The zero-order valence-corrected chi connectivity index (χ0v) is 24.3. The topological polar surface area (TPSA) is 70.7 Å². The van der Waals surface area contributed by atoms with Crippen molar-refractivity contribution in [3.8, 4) is 5.75 Å². The average molecular weight is 592 g/mol. The molecule has 0 radical (unpaired) electrons. The monoisotopic (exact) mass is 591 g/mol. The maximum Gasteiger partial charge on any atom is 0.416 e. The second-order valence-corrected chi connectivity index (χ2v) is 11.2. The normalized spacial score (nSPS) is 18.4. The van der Waals surface area contributed by atoms with Crippen LogP contribution in [-0.4, -0.2) is 55.0 Å². The quantitative estimate of drug-likeness (QED) is 0.353. The molecule has 2 amide bonds. The van der Waals surface area contributed by atoms with Crippen molar-refractivity contribution < 1.29 is 27.5 Å². The third-order valence-corrected chi connectivity index (χ3v) is 8.18. The van der Waals surface area contributed by atoms with Crippen LogP contribution in [-0.2, 0) is 28.6 Å². The highest BCUT2D eigenvalue weighted by Gasteiger charge is 2.39. The van der Waals surface area contributed by atoms with Gasteiger partial charge in [-0.15, -0.1) is 0 Å². The smallest absolute Gasteiger partial charge is 0.416 e. The van der Waals surface area contributed by atoms with Crippen molar-refractivity contribution in [1.29, 1.82) is 0 Å². The molecule has 5 rings (SSSR count). The molecule has 226 valence electrons. The molecule has 1 saturated heterocycles. The number of halogens is 3. The van der Waals surface area contributed by atoms with E-state index in [1.54, 1.807) is 6.92 Å². The fraction of sp³-hybridized carbons (Fsp3) is 0.353. The summed E-state index contributed by atoms with van der Waals surface area (Å²) in [5.74, 6) is 0.259. The molecule has 2 unspecified atom stereocenters. The molecular formula is C34H36F3N3O3. The lowest BCUT2D eigenvalue weighted by atomic mass is 9.83. The summed E-state index contributed by atoms with van der Waals surface area (Å²) < 4.78 is 44.0. The van der Waals surface area contributed by atoms with Crippen molar-refractivity contribution in [2.45, 2.75) is 51.4 Å². The fourth-order valence-electron chi connectivity index (χ4n) is 5.84. The Morgan fingerprint density at radius 1 is 0.977 bits per heavy atom. The molecule has 0 spiro atoms. The third-order valence-electron chi connectivity index (χ3n) is 8.18. The molecule has 2 aliphatic heterocycles. The summed E-state index contributed by atoms with van der Waals surface area (Å²) in [5.41, 5.74) is 5.30. The molecule has 2 aliphatic rings. The standard InChI is InChI=1S/C34H36F3N3O3/c1-22-5-3-4-6-25(22)15-17-38-33(42)32-30(19-28-20-40(23(2)41)21-31(32)39-28)26-9-7-24(8-10-26)16-18-43-29-13-11-27(12-14-29)34(35,36)37/h3-14,28,31,39H,15-21H2,1-2H3,(H,38,42). The van der Waals surface area contributed by atoms with E-state index in [9.17, 15) is 22.8 Å². The Morgan fingerprint density at radius 2 is 1.70 bits per heavy atom. The lowest BCUT2D eigenvalue weighted by molar-refractivity contribution is -0.137. The highest BCUT2D eigenvalue weighted by molar-refractivity contribution is 6.03. The maximum absolute atomic E-state index is 13.7. The summed E-state index contributed by atoms with van der Waals surface area (Å²) >= 11 is 0. The molecule has 2 N–H and O–H groups in total. The first kappa shape index (κ1) is 30.4. The summed E-state index contributed by atoms with van der Waals surface area (Å²) in [6, 6.07) is 20.6. The first-order chi connectivity index (χ1) is 20.6. The van der Waals surface area contributed by atoms with Crippen LogP contribution in [0.4, 0.5) is 13.2 Å². The van der Waals surface area contributed by atoms with Gasteiger partial charge in [-0.1, -0.05) is 48.5 Å². The van der Waals surface area contributed by atoms with Gasteiger partial charge in [-0.25, -0.2) is 0 Å². The minimum atomic E-state index is -4.38. The van der Waals surface area contributed by atoms with E-state index in [1.165, 1.54) is 23.3 Å². The Hall–Kier alpha value is -4.11. The van der Waals surface area contributed by atoms with Crippen LogP contribution < -0.4 is 15.4 Å². The lowest BCUT2D eigenvalue weighted by Gasteiger charge is -2.44. The van der Waals surface area contributed by atoms with Crippen molar-refractivity contribution in [2.24, 2.45) is 0 Å². The SMILES string of the molecule is CC(=O)N1CC2CC(c3ccc(CCOc4ccc(C(F)(F)F)cc4)cc3)=C(C(=O)NCCc3ccccc3C)C(C1)N2. The number of nitrogens with zero attached hydrogens (tertiary/aromatic N) is 1. The lowest BCUT2D eigenvalue weighted by Crippen LogP contribution is -2.61. The minimum Gasteiger partial charge on any atom is -0.493 e. The number of amides is 2. The Morgan fingerprint density at radius 3 is 2.37 bits per heavy atom. The van der Waals surface area contributed by atoms with Gasteiger partial charge in [-0.3, -0.25) is 9.59 Å². The summed E-state index contributed by atoms with van der Waals surface area (Å²) in [6.07, 6.45) is -2.45. The number of rotatable bonds is 9. The molecule has 0 saturated carbocycles. The predicted octanol–water partition coefficient (Wildman–Crippen LogP) is 5.34. The molecular weight excluding hydrogens is 555 g/mol. The minimum absolute atomic E-state index is 0.00197. The van der Waals surface area contributed by atoms with Gasteiger partial charge in [0.1, 0.15) is 5.75 Å². The zero-order chi connectivity index (χ0) is 30.6. The highest BCUT2D eigenvalue weighted by Crippen LogP contribution is 2.34. The number of carbonyl (C=O) groups excluding carboxylic acids is 2. The van der Waals surface area contributed by atoms with Crippen LogP contribution in [0.3, 0.4) is 0 Å². The molecule has 0 aliphatic carbocycles. The second kappa shape index (κ2) is 13.0. The number of ether oxygens (including phenoxy) is 1. The zero-order valence-electron chi connectivity index (χ0n) is 24.3. The van der Waals surface area contributed by atoms with Crippen LogP contribution in [0.1, 0.15) is 41.2 Å². The molecule has 3 aromatic rings. The number of alkyl halides is 3. The summed E-state index contributed by atoms with van der Waals surface area (Å²) in [7, 11) is 0. The van der Waals surface area contributed by atoms with E-state index >= 15 is 0 Å². The van der Waals surface area contributed by atoms with Crippen molar-refractivity contribution in [3.05, 3.63) is 106 Å². The Balaban J connectivity index is 1.28. The van der Waals surface area contributed by atoms with Crippen molar-refractivity contribution >= 4 is 17.4 Å².